The van der Waals surface area contributed by atoms with E-state index in [-0.39, 0.29) is 11.7 Å². The number of carbonyl (C=O) groups excluding carboxylic acids is 1. The Hall–Kier alpha value is -1.22. The fourth-order valence-electron chi connectivity index (χ4n) is 2.63. The highest BCUT2D eigenvalue weighted by atomic mass is 79.9. The van der Waals surface area contributed by atoms with Crippen LogP contribution in [0.1, 0.15) is 15.2 Å². The highest BCUT2D eigenvalue weighted by Crippen LogP contribution is 2.24. The van der Waals surface area contributed by atoms with E-state index in [1.807, 2.05) is 36.4 Å². The van der Waals surface area contributed by atoms with E-state index in [4.69, 9.17) is 0 Å². The Kier molecular flexibility index (Phi) is 5.39. The lowest BCUT2D eigenvalue weighted by Crippen LogP contribution is -2.50. The molecule has 0 unspecified atom stereocenters. The van der Waals surface area contributed by atoms with E-state index in [2.05, 4.69) is 15.9 Å². The number of thiophene rings is 1. The molecule has 0 saturated carbocycles. The van der Waals surface area contributed by atoms with Gasteiger partial charge in [-0.1, -0.05) is 30.3 Å². The summed E-state index contributed by atoms with van der Waals surface area (Å²) in [6, 6.07) is 12.8. The number of rotatable bonds is 4. The van der Waals surface area contributed by atoms with E-state index >= 15 is 0 Å². The normalized spacial score (nSPS) is 16.3. The van der Waals surface area contributed by atoms with Crippen molar-refractivity contribution < 1.29 is 13.2 Å². The zero-order valence-corrected chi connectivity index (χ0v) is 16.1. The van der Waals surface area contributed by atoms with Crippen molar-refractivity contribution in [3.63, 3.8) is 0 Å². The first-order valence-electron chi connectivity index (χ1n) is 7.52. The van der Waals surface area contributed by atoms with Crippen LogP contribution in [-0.2, 0) is 15.8 Å². The molecule has 1 aliphatic heterocycles. The van der Waals surface area contributed by atoms with Crippen molar-refractivity contribution in [3.8, 4) is 0 Å². The summed E-state index contributed by atoms with van der Waals surface area (Å²) in [5.41, 5.74) is 0.777. The number of sulfonamides is 1. The van der Waals surface area contributed by atoms with Crippen molar-refractivity contribution in [1.82, 2.24) is 9.21 Å². The Morgan fingerprint density at radius 2 is 1.71 bits per heavy atom. The van der Waals surface area contributed by atoms with Crippen LogP contribution in [0.25, 0.3) is 0 Å². The van der Waals surface area contributed by atoms with Crippen LogP contribution in [0.5, 0.6) is 0 Å². The minimum atomic E-state index is -3.36. The highest BCUT2D eigenvalue weighted by molar-refractivity contribution is 9.11. The summed E-state index contributed by atoms with van der Waals surface area (Å²) in [5.74, 6) is -0.0366. The summed E-state index contributed by atoms with van der Waals surface area (Å²) in [5, 5.41) is 0. The number of hydrogen-bond acceptors (Lipinski definition) is 4. The number of halogens is 1. The van der Waals surface area contributed by atoms with Crippen molar-refractivity contribution in [2.24, 2.45) is 0 Å². The van der Waals surface area contributed by atoms with Gasteiger partial charge in [0.25, 0.3) is 5.91 Å². The van der Waals surface area contributed by atoms with E-state index in [1.165, 1.54) is 15.6 Å². The van der Waals surface area contributed by atoms with Gasteiger partial charge in [0, 0.05) is 26.2 Å². The fraction of sp³-hybridized carbons (Fsp3) is 0.312. The molecule has 24 heavy (non-hydrogen) atoms. The number of amides is 1. The number of benzene rings is 1. The fourth-order valence-corrected chi connectivity index (χ4v) is 5.50. The summed E-state index contributed by atoms with van der Waals surface area (Å²) >= 11 is 4.74. The van der Waals surface area contributed by atoms with Gasteiger partial charge in [-0.25, -0.2) is 8.42 Å². The monoisotopic (exact) mass is 428 g/mol. The molecule has 0 radical (unpaired) electrons. The predicted octanol–water partition coefficient (Wildman–Crippen LogP) is 2.80. The molecule has 5 nitrogen and oxygen atoms in total. The average molecular weight is 429 g/mol. The lowest BCUT2D eigenvalue weighted by atomic mass is 10.2. The minimum absolute atomic E-state index is 0.000339. The Labute approximate surface area is 154 Å². The first-order chi connectivity index (χ1) is 11.5. The van der Waals surface area contributed by atoms with E-state index in [0.29, 0.717) is 31.1 Å². The van der Waals surface area contributed by atoms with Crippen LogP contribution in [0.2, 0.25) is 0 Å². The van der Waals surface area contributed by atoms with Gasteiger partial charge in [0.1, 0.15) is 0 Å². The van der Waals surface area contributed by atoms with Crippen molar-refractivity contribution >= 4 is 43.2 Å². The topological polar surface area (TPSA) is 57.7 Å². The van der Waals surface area contributed by atoms with Crippen LogP contribution in [0, 0.1) is 0 Å². The maximum absolute atomic E-state index is 12.5. The van der Waals surface area contributed by atoms with Crippen molar-refractivity contribution in [1.29, 1.82) is 0 Å². The first kappa shape index (κ1) is 17.6. The molecular formula is C16H17BrN2O3S2. The standard InChI is InChI=1S/C16H17BrN2O3S2/c17-15-7-6-14(23-15)16(20)18-8-10-19(11-9-18)24(21,22)12-13-4-2-1-3-5-13/h1-7H,8-12H2. The molecule has 3 rings (SSSR count). The molecule has 1 saturated heterocycles. The number of nitrogens with zero attached hydrogens (tertiary/aromatic N) is 2. The summed E-state index contributed by atoms with van der Waals surface area (Å²) in [6.45, 7) is 1.52. The minimum Gasteiger partial charge on any atom is -0.335 e. The zero-order chi connectivity index (χ0) is 17.2. The van der Waals surface area contributed by atoms with E-state index < -0.39 is 10.0 Å². The van der Waals surface area contributed by atoms with Gasteiger partial charge in [-0.05, 0) is 33.6 Å². The number of carbonyl (C=O) groups is 1. The summed E-state index contributed by atoms with van der Waals surface area (Å²) < 4.78 is 27.4. The van der Waals surface area contributed by atoms with Gasteiger partial charge >= 0.3 is 0 Å². The maximum atomic E-state index is 12.5. The zero-order valence-electron chi connectivity index (χ0n) is 12.9. The molecule has 0 atom stereocenters. The molecule has 1 fully saturated rings. The molecule has 1 aliphatic rings. The third-order valence-electron chi connectivity index (χ3n) is 3.90. The molecule has 0 aliphatic carbocycles. The van der Waals surface area contributed by atoms with Crippen LogP contribution in [-0.4, -0.2) is 49.7 Å². The van der Waals surface area contributed by atoms with Gasteiger partial charge in [0.15, 0.2) is 0 Å². The second-order valence-electron chi connectivity index (χ2n) is 5.54. The SMILES string of the molecule is O=C(c1ccc(Br)s1)N1CCN(S(=O)(=O)Cc2ccccc2)CC1. The molecule has 0 spiro atoms. The van der Waals surface area contributed by atoms with Crippen molar-refractivity contribution in [2.45, 2.75) is 5.75 Å². The summed E-state index contributed by atoms with van der Waals surface area (Å²) in [4.78, 5) is 14.8. The Bertz CT molecular complexity index is 813. The molecular weight excluding hydrogens is 412 g/mol. The Morgan fingerprint density at radius 1 is 1.04 bits per heavy atom. The molecule has 0 bridgehead atoms. The molecule has 1 amide bonds. The largest absolute Gasteiger partial charge is 0.335 e. The lowest BCUT2D eigenvalue weighted by Gasteiger charge is -2.33. The van der Waals surface area contributed by atoms with Gasteiger partial charge in [0.05, 0.1) is 14.4 Å². The van der Waals surface area contributed by atoms with Crippen LogP contribution < -0.4 is 0 Å². The van der Waals surface area contributed by atoms with Crippen LogP contribution >= 0.6 is 27.3 Å². The van der Waals surface area contributed by atoms with E-state index in [0.717, 1.165) is 9.35 Å². The average Bonchev–Trinajstić information content (AvgIpc) is 3.01. The second kappa shape index (κ2) is 7.35. The van der Waals surface area contributed by atoms with Gasteiger partial charge in [-0.2, -0.15) is 4.31 Å². The molecule has 2 aromatic rings. The summed E-state index contributed by atoms with van der Waals surface area (Å²) in [7, 11) is -3.36. The van der Waals surface area contributed by atoms with Gasteiger partial charge in [0.2, 0.25) is 10.0 Å². The van der Waals surface area contributed by atoms with Crippen LogP contribution in [0.3, 0.4) is 0 Å². The van der Waals surface area contributed by atoms with E-state index in [1.54, 1.807) is 11.0 Å². The van der Waals surface area contributed by atoms with Crippen LogP contribution in [0.15, 0.2) is 46.3 Å². The molecule has 0 N–H and O–H groups in total. The Balaban J connectivity index is 1.61. The third kappa shape index (κ3) is 4.05. The molecule has 128 valence electrons. The van der Waals surface area contributed by atoms with E-state index in [9.17, 15) is 13.2 Å². The quantitative estimate of drug-likeness (QED) is 0.751. The number of piperazine rings is 1. The smallest absolute Gasteiger partial charge is 0.264 e. The molecule has 1 aromatic carbocycles. The lowest BCUT2D eigenvalue weighted by molar-refractivity contribution is 0.0702. The second-order valence-corrected chi connectivity index (χ2v) is 9.97. The molecule has 8 heteroatoms. The number of hydrogen-bond donors (Lipinski definition) is 0. The predicted molar refractivity (Wildman–Crippen MR) is 98.6 cm³/mol. The summed E-state index contributed by atoms with van der Waals surface area (Å²) in [6.07, 6.45) is 0. The van der Waals surface area contributed by atoms with Crippen molar-refractivity contribution in [3.05, 3.63) is 56.7 Å². The van der Waals surface area contributed by atoms with Gasteiger partial charge < -0.3 is 4.90 Å². The highest BCUT2D eigenvalue weighted by Gasteiger charge is 2.29. The van der Waals surface area contributed by atoms with Crippen molar-refractivity contribution in [2.75, 3.05) is 26.2 Å². The third-order valence-corrected chi connectivity index (χ3v) is 7.36. The van der Waals surface area contributed by atoms with Gasteiger partial charge in [-0.15, -0.1) is 11.3 Å². The van der Waals surface area contributed by atoms with Gasteiger partial charge in [-0.3, -0.25) is 4.79 Å². The Morgan fingerprint density at radius 3 is 2.29 bits per heavy atom. The molecule has 1 aromatic heterocycles. The maximum Gasteiger partial charge on any atom is 0.264 e. The first-order valence-corrected chi connectivity index (χ1v) is 10.7. The van der Waals surface area contributed by atoms with Crippen LogP contribution in [0.4, 0.5) is 0 Å². The molecule has 2 heterocycles.